The number of ketones is 2. The van der Waals surface area contributed by atoms with Gasteiger partial charge in [-0.1, -0.05) is 6.92 Å². The van der Waals surface area contributed by atoms with E-state index in [1.807, 2.05) is 11.8 Å². The number of hydrogen-bond acceptors (Lipinski definition) is 7. The van der Waals surface area contributed by atoms with Crippen molar-refractivity contribution in [1.82, 2.24) is 10.2 Å². The highest BCUT2D eigenvalue weighted by Crippen LogP contribution is 2.55. The van der Waals surface area contributed by atoms with Crippen molar-refractivity contribution >= 4 is 11.6 Å². The van der Waals surface area contributed by atoms with Gasteiger partial charge in [0.05, 0.1) is 30.9 Å². The second kappa shape index (κ2) is 5.15. The third-order valence-electron chi connectivity index (χ3n) is 5.61. The minimum atomic E-state index is -0.865. The van der Waals surface area contributed by atoms with Crippen LogP contribution in [-0.2, 0) is 19.1 Å². The predicted octanol–water partition coefficient (Wildman–Crippen LogP) is -0.286. The quantitative estimate of drug-likeness (QED) is 0.527. The van der Waals surface area contributed by atoms with Gasteiger partial charge in [0.1, 0.15) is 0 Å². The van der Waals surface area contributed by atoms with Crippen molar-refractivity contribution in [2.24, 2.45) is 5.92 Å². The Hall–Kier alpha value is -1.70. The highest BCUT2D eigenvalue weighted by molar-refractivity contribution is 6.25. The van der Waals surface area contributed by atoms with Crippen molar-refractivity contribution in [3.63, 3.8) is 0 Å². The van der Waals surface area contributed by atoms with Crippen LogP contribution in [0.1, 0.15) is 20.3 Å². The predicted molar refractivity (Wildman–Crippen MR) is 83.7 cm³/mol. The number of nitrogens with zero attached hydrogens (tertiary/aromatic N) is 1. The molecule has 0 aromatic heterocycles. The summed E-state index contributed by atoms with van der Waals surface area (Å²) in [5.74, 6) is -0.939. The van der Waals surface area contributed by atoms with Crippen LogP contribution in [0.4, 0.5) is 0 Å². The number of aliphatic hydroxyl groups excluding tert-OH is 1. The zero-order valence-electron chi connectivity index (χ0n) is 14.1. The zero-order chi connectivity index (χ0) is 17.2. The molecule has 4 rings (SSSR count). The van der Waals surface area contributed by atoms with Crippen LogP contribution in [0.3, 0.4) is 0 Å². The van der Waals surface area contributed by atoms with E-state index in [9.17, 15) is 14.7 Å². The van der Waals surface area contributed by atoms with Crippen molar-refractivity contribution < 1.29 is 24.2 Å². The molecule has 4 atom stereocenters. The van der Waals surface area contributed by atoms with Gasteiger partial charge < -0.3 is 24.8 Å². The highest BCUT2D eigenvalue weighted by atomic mass is 16.5. The number of methoxy groups -OCH3 is 1. The second-order valence-electron chi connectivity index (χ2n) is 6.78. The number of Topliss-reactive ketones (excluding diaryl/α,β-unsaturated/α-hetero) is 2. The lowest BCUT2D eigenvalue weighted by atomic mass is 9.83. The molecular formula is C17H22N2O5. The van der Waals surface area contributed by atoms with Crippen LogP contribution < -0.4 is 5.32 Å². The topological polar surface area (TPSA) is 98.0 Å². The Balaban J connectivity index is 1.81. The Kier molecular flexibility index (Phi) is 3.39. The van der Waals surface area contributed by atoms with Crippen LogP contribution in [-0.4, -0.2) is 66.2 Å². The first-order chi connectivity index (χ1) is 11.5. The monoisotopic (exact) mass is 334 g/mol. The molecule has 3 aliphatic heterocycles. The van der Waals surface area contributed by atoms with Gasteiger partial charge in [-0.25, -0.2) is 0 Å². The van der Waals surface area contributed by atoms with Gasteiger partial charge in [0.25, 0.3) is 0 Å². The molecule has 0 aromatic rings. The number of nitrogens with one attached hydrogen (secondary N) is 1. The van der Waals surface area contributed by atoms with Gasteiger partial charge in [-0.05, 0) is 13.3 Å². The number of fused-ring (bicyclic) bond motifs is 4. The first kappa shape index (κ1) is 15.8. The minimum absolute atomic E-state index is 0.0196. The molecule has 24 heavy (non-hydrogen) atoms. The number of aliphatic hydroxyl groups is 1. The van der Waals surface area contributed by atoms with Crippen LogP contribution in [0, 0.1) is 5.92 Å². The van der Waals surface area contributed by atoms with Crippen molar-refractivity contribution in [1.29, 1.82) is 0 Å². The highest BCUT2D eigenvalue weighted by Gasteiger charge is 2.72. The summed E-state index contributed by atoms with van der Waals surface area (Å²) in [7, 11) is 1.57. The summed E-state index contributed by atoms with van der Waals surface area (Å²) in [5.41, 5.74) is 0.198. The maximum Gasteiger partial charge on any atom is 0.226 e. The molecule has 0 aromatic carbocycles. The first-order valence-corrected chi connectivity index (χ1v) is 8.39. The fourth-order valence-electron chi connectivity index (χ4n) is 4.50. The Morgan fingerprint density at radius 1 is 1.38 bits per heavy atom. The third-order valence-corrected chi connectivity index (χ3v) is 5.61. The smallest absolute Gasteiger partial charge is 0.226 e. The molecule has 7 nitrogen and oxygen atoms in total. The summed E-state index contributed by atoms with van der Waals surface area (Å²) in [6.07, 6.45) is 0.745. The Morgan fingerprint density at radius 3 is 2.75 bits per heavy atom. The number of allylic oxidation sites excluding steroid dienone is 2. The molecule has 0 radical (unpaired) electrons. The van der Waals surface area contributed by atoms with Gasteiger partial charge in [-0.15, -0.1) is 0 Å². The lowest BCUT2D eigenvalue weighted by Crippen LogP contribution is -2.54. The normalized spacial score (nSPS) is 37.0. The van der Waals surface area contributed by atoms with Crippen molar-refractivity contribution in [2.75, 3.05) is 26.9 Å². The van der Waals surface area contributed by atoms with Gasteiger partial charge in [-0.3, -0.25) is 9.59 Å². The lowest BCUT2D eigenvalue weighted by Gasteiger charge is -2.39. The molecule has 4 aliphatic rings. The second-order valence-corrected chi connectivity index (χ2v) is 6.78. The Morgan fingerprint density at radius 2 is 2.12 bits per heavy atom. The standard InChI is InChI=1S/C17H22N2O5/c1-4-5-24-15-8(2)13(21)12-11(14(15)22)9(7-20)17(23-3)16-10(18-16)6-19(12)17/h9-10,16,18,20H,4-7H2,1-3H3. The van der Waals surface area contributed by atoms with Crippen LogP contribution in [0.5, 0.6) is 0 Å². The molecule has 3 heterocycles. The molecule has 130 valence electrons. The van der Waals surface area contributed by atoms with Gasteiger partial charge in [-0.2, -0.15) is 0 Å². The number of piperazine rings is 1. The SMILES string of the molecule is CCCOC1=C(C)C(=O)C2=C(C1=O)C(CO)C1(OC)C3NC3CN21. The van der Waals surface area contributed by atoms with Crippen molar-refractivity contribution in [3.05, 3.63) is 22.6 Å². The van der Waals surface area contributed by atoms with E-state index in [0.29, 0.717) is 30.0 Å². The number of ether oxygens (including phenoxy) is 2. The molecule has 7 heteroatoms. The van der Waals surface area contributed by atoms with E-state index >= 15 is 0 Å². The molecule has 1 aliphatic carbocycles. The first-order valence-electron chi connectivity index (χ1n) is 8.39. The van der Waals surface area contributed by atoms with Crippen molar-refractivity contribution in [3.8, 4) is 0 Å². The van der Waals surface area contributed by atoms with E-state index in [4.69, 9.17) is 9.47 Å². The van der Waals surface area contributed by atoms with Crippen LogP contribution in [0.25, 0.3) is 0 Å². The van der Waals surface area contributed by atoms with Gasteiger partial charge in [0.15, 0.2) is 11.5 Å². The lowest BCUT2D eigenvalue weighted by molar-refractivity contribution is -0.137. The van der Waals surface area contributed by atoms with E-state index in [-0.39, 0.29) is 36.0 Å². The maximum atomic E-state index is 13.0. The average Bonchev–Trinajstić information content (AvgIpc) is 3.19. The number of carbonyl (C=O) groups is 2. The van der Waals surface area contributed by atoms with Crippen LogP contribution in [0.2, 0.25) is 0 Å². The Labute approximate surface area is 140 Å². The zero-order valence-corrected chi connectivity index (χ0v) is 14.1. The fourth-order valence-corrected chi connectivity index (χ4v) is 4.50. The van der Waals surface area contributed by atoms with E-state index in [2.05, 4.69) is 5.32 Å². The number of carbonyl (C=O) groups excluding carboxylic acids is 2. The summed E-state index contributed by atoms with van der Waals surface area (Å²) >= 11 is 0. The maximum absolute atomic E-state index is 13.0. The largest absolute Gasteiger partial charge is 0.489 e. The molecule has 0 saturated carbocycles. The number of rotatable bonds is 5. The molecule has 0 amide bonds. The Bertz CT molecular complexity index is 697. The molecule has 0 spiro atoms. The summed E-state index contributed by atoms with van der Waals surface area (Å²) in [6.45, 7) is 4.30. The van der Waals surface area contributed by atoms with E-state index < -0.39 is 11.6 Å². The van der Waals surface area contributed by atoms with Gasteiger partial charge in [0.2, 0.25) is 11.6 Å². The summed E-state index contributed by atoms with van der Waals surface area (Å²) in [6, 6.07) is 0.254. The van der Waals surface area contributed by atoms with Gasteiger partial charge in [0, 0.05) is 30.8 Å². The average molecular weight is 334 g/mol. The van der Waals surface area contributed by atoms with E-state index in [0.717, 1.165) is 6.42 Å². The molecule has 2 N–H and O–H groups in total. The van der Waals surface area contributed by atoms with Crippen molar-refractivity contribution in [2.45, 2.75) is 38.1 Å². The summed E-state index contributed by atoms with van der Waals surface area (Å²) in [4.78, 5) is 27.9. The molecule has 0 bridgehead atoms. The minimum Gasteiger partial charge on any atom is -0.489 e. The molecule has 2 fully saturated rings. The summed E-state index contributed by atoms with van der Waals surface area (Å²) < 4.78 is 11.4. The molecular weight excluding hydrogens is 312 g/mol. The molecule has 2 saturated heterocycles. The van der Waals surface area contributed by atoms with Gasteiger partial charge >= 0.3 is 0 Å². The molecule has 4 unspecified atom stereocenters. The third kappa shape index (κ3) is 1.67. The fraction of sp³-hybridized carbons (Fsp3) is 0.647. The van der Waals surface area contributed by atoms with E-state index in [1.54, 1.807) is 14.0 Å². The van der Waals surface area contributed by atoms with E-state index in [1.165, 1.54) is 0 Å². The van der Waals surface area contributed by atoms with Crippen LogP contribution in [0.15, 0.2) is 22.6 Å². The number of hydrogen-bond donors (Lipinski definition) is 2. The summed E-state index contributed by atoms with van der Waals surface area (Å²) in [5, 5.41) is 13.3. The van der Waals surface area contributed by atoms with Crippen LogP contribution >= 0.6 is 0 Å².